The summed E-state index contributed by atoms with van der Waals surface area (Å²) < 4.78 is 5.19. The molecular weight excluding hydrogens is 447 g/mol. The predicted octanol–water partition coefficient (Wildman–Crippen LogP) is 6.02. The van der Waals surface area contributed by atoms with E-state index in [0.717, 1.165) is 11.1 Å². The Balaban J connectivity index is 1.82. The van der Waals surface area contributed by atoms with Gasteiger partial charge in [0, 0.05) is 10.7 Å². The summed E-state index contributed by atoms with van der Waals surface area (Å²) in [6.07, 6.45) is 0. The second-order valence-electron chi connectivity index (χ2n) is 7.47. The minimum Gasteiger partial charge on any atom is -0.495 e. The van der Waals surface area contributed by atoms with Crippen molar-refractivity contribution in [2.24, 2.45) is 0 Å². The maximum absolute atomic E-state index is 13.5. The van der Waals surface area contributed by atoms with Gasteiger partial charge in [0.1, 0.15) is 11.4 Å². The van der Waals surface area contributed by atoms with Gasteiger partial charge in [0.15, 0.2) is 0 Å². The van der Waals surface area contributed by atoms with Crippen LogP contribution < -0.4 is 15.0 Å². The number of benzene rings is 3. The Kier molecular flexibility index (Phi) is 5.96. The van der Waals surface area contributed by atoms with E-state index in [9.17, 15) is 9.59 Å². The molecule has 7 heteroatoms. The molecule has 0 unspecified atom stereocenters. The molecule has 0 bridgehead atoms. The molecular formula is C25H20Cl2N2O3. The third kappa shape index (κ3) is 3.97. The van der Waals surface area contributed by atoms with E-state index in [2.05, 4.69) is 5.32 Å². The zero-order chi connectivity index (χ0) is 23.0. The summed E-state index contributed by atoms with van der Waals surface area (Å²) in [5, 5.41) is 4.02. The molecule has 0 saturated carbocycles. The van der Waals surface area contributed by atoms with Crippen molar-refractivity contribution in [3.05, 3.63) is 93.1 Å². The molecule has 3 aromatic carbocycles. The van der Waals surface area contributed by atoms with Crippen LogP contribution in [0.5, 0.6) is 5.75 Å². The van der Waals surface area contributed by atoms with E-state index in [-0.39, 0.29) is 11.3 Å². The highest BCUT2D eigenvalue weighted by molar-refractivity contribution is 6.46. The maximum Gasteiger partial charge on any atom is 0.282 e. The lowest BCUT2D eigenvalue weighted by atomic mass is 10.0. The van der Waals surface area contributed by atoms with Gasteiger partial charge in [-0.2, -0.15) is 0 Å². The Hall–Kier alpha value is -3.28. The second-order valence-corrected chi connectivity index (χ2v) is 8.31. The first-order valence-electron chi connectivity index (χ1n) is 9.87. The number of ether oxygens (including phenoxy) is 1. The third-order valence-electron chi connectivity index (χ3n) is 5.23. The third-order valence-corrected chi connectivity index (χ3v) is 5.78. The van der Waals surface area contributed by atoms with Crippen molar-refractivity contribution in [2.75, 3.05) is 17.3 Å². The van der Waals surface area contributed by atoms with Crippen molar-refractivity contribution in [1.82, 2.24) is 0 Å². The second kappa shape index (κ2) is 8.69. The van der Waals surface area contributed by atoms with Crippen molar-refractivity contribution in [3.8, 4) is 5.75 Å². The topological polar surface area (TPSA) is 58.6 Å². The van der Waals surface area contributed by atoms with Gasteiger partial charge in [0.05, 0.1) is 23.4 Å². The van der Waals surface area contributed by atoms with E-state index in [4.69, 9.17) is 27.9 Å². The Bertz CT molecular complexity index is 1270. The number of nitrogens with one attached hydrogen (secondary N) is 1. The smallest absolute Gasteiger partial charge is 0.282 e. The largest absolute Gasteiger partial charge is 0.495 e. The summed E-state index contributed by atoms with van der Waals surface area (Å²) >= 11 is 12.3. The number of nitrogens with zero attached hydrogens (tertiary/aromatic N) is 1. The fraction of sp³-hybridized carbons (Fsp3) is 0.120. The van der Waals surface area contributed by atoms with Crippen LogP contribution in [0.4, 0.5) is 11.4 Å². The van der Waals surface area contributed by atoms with Gasteiger partial charge in [0.2, 0.25) is 0 Å². The highest BCUT2D eigenvalue weighted by Crippen LogP contribution is 2.36. The van der Waals surface area contributed by atoms with Crippen molar-refractivity contribution >= 4 is 52.0 Å². The quantitative estimate of drug-likeness (QED) is 0.467. The van der Waals surface area contributed by atoms with Crippen LogP contribution in [0.1, 0.15) is 16.7 Å². The molecule has 3 aromatic rings. The van der Waals surface area contributed by atoms with Crippen LogP contribution >= 0.6 is 23.2 Å². The van der Waals surface area contributed by atoms with Gasteiger partial charge in [-0.1, -0.05) is 53.0 Å². The molecule has 2 amide bonds. The summed E-state index contributed by atoms with van der Waals surface area (Å²) in [5.41, 5.74) is 3.99. The molecule has 162 valence electrons. The molecule has 0 radical (unpaired) electrons. The molecule has 0 atom stereocenters. The zero-order valence-corrected chi connectivity index (χ0v) is 19.2. The molecule has 1 N–H and O–H groups in total. The Morgan fingerprint density at radius 3 is 2.22 bits per heavy atom. The lowest BCUT2D eigenvalue weighted by molar-refractivity contribution is -0.120. The Labute approximate surface area is 196 Å². The first-order valence-corrected chi connectivity index (χ1v) is 10.6. The highest BCUT2D eigenvalue weighted by Gasteiger charge is 2.40. The summed E-state index contributed by atoms with van der Waals surface area (Å²) in [6.45, 7) is 3.84. The lowest BCUT2D eigenvalue weighted by Crippen LogP contribution is -2.33. The molecule has 1 aliphatic heterocycles. The average Bonchev–Trinajstić information content (AvgIpc) is 2.99. The van der Waals surface area contributed by atoms with Crippen LogP contribution in [0.3, 0.4) is 0 Å². The fourth-order valence-electron chi connectivity index (χ4n) is 3.69. The minimum absolute atomic E-state index is 0.165. The molecule has 1 aliphatic rings. The summed E-state index contributed by atoms with van der Waals surface area (Å²) in [7, 11) is 1.52. The minimum atomic E-state index is -0.446. The van der Waals surface area contributed by atoms with Gasteiger partial charge in [-0.3, -0.25) is 9.59 Å². The summed E-state index contributed by atoms with van der Waals surface area (Å²) in [6, 6.07) is 17.5. The first-order chi connectivity index (χ1) is 15.3. The van der Waals surface area contributed by atoms with E-state index < -0.39 is 11.8 Å². The molecule has 32 heavy (non-hydrogen) atoms. The van der Waals surface area contributed by atoms with Gasteiger partial charge in [-0.15, -0.1) is 0 Å². The van der Waals surface area contributed by atoms with Crippen LogP contribution in [0.2, 0.25) is 10.0 Å². The average molecular weight is 467 g/mol. The van der Waals surface area contributed by atoms with Crippen LogP contribution in [0.25, 0.3) is 5.57 Å². The number of hydrogen-bond donors (Lipinski definition) is 1. The highest BCUT2D eigenvalue weighted by atomic mass is 35.5. The van der Waals surface area contributed by atoms with E-state index in [0.29, 0.717) is 32.7 Å². The van der Waals surface area contributed by atoms with Crippen LogP contribution in [-0.4, -0.2) is 18.9 Å². The monoisotopic (exact) mass is 466 g/mol. The van der Waals surface area contributed by atoms with Gasteiger partial charge in [0.25, 0.3) is 11.8 Å². The number of imide groups is 1. The van der Waals surface area contributed by atoms with Crippen molar-refractivity contribution in [2.45, 2.75) is 13.8 Å². The molecule has 0 spiro atoms. The van der Waals surface area contributed by atoms with Crippen molar-refractivity contribution in [3.63, 3.8) is 0 Å². The van der Waals surface area contributed by atoms with Gasteiger partial charge < -0.3 is 10.1 Å². The van der Waals surface area contributed by atoms with Crippen LogP contribution in [0.15, 0.2) is 66.4 Å². The summed E-state index contributed by atoms with van der Waals surface area (Å²) in [5.74, 6) is -0.347. The number of hydrogen-bond acceptors (Lipinski definition) is 4. The fourth-order valence-corrected chi connectivity index (χ4v) is 4.08. The van der Waals surface area contributed by atoms with E-state index in [1.165, 1.54) is 12.0 Å². The molecule has 0 saturated heterocycles. The molecule has 0 aliphatic carbocycles. The normalized spacial score (nSPS) is 13.7. The van der Waals surface area contributed by atoms with Crippen molar-refractivity contribution < 1.29 is 14.3 Å². The molecule has 0 aromatic heterocycles. The zero-order valence-electron chi connectivity index (χ0n) is 17.7. The number of carbonyl (C=O) groups is 2. The van der Waals surface area contributed by atoms with E-state index in [1.54, 1.807) is 48.5 Å². The Morgan fingerprint density at radius 1 is 0.875 bits per heavy atom. The van der Waals surface area contributed by atoms with Crippen LogP contribution in [-0.2, 0) is 9.59 Å². The SMILES string of the molecule is COc1ccc(NC2=C(c3ccc(Cl)cc3)C(=O)N(c3ccc(C)cc3C)C2=O)cc1Cl. The van der Waals surface area contributed by atoms with Gasteiger partial charge in [-0.25, -0.2) is 4.90 Å². The van der Waals surface area contributed by atoms with Gasteiger partial charge >= 0.3 is 0 Å². The van der Waals surface area contributed by atoms with E-state index >= 15 is 0 Å². The number of methoxy groups -OCH3 is 1. The van der Waals surface area contributed by atoms with Crippen molar-refractivity contribution in [1.29, 1.82) is 0 Å². The van der Waals surface area contributed by atoms with E-state index in [1.807, 2.05) is 26.0 Å². The number of anilines is 2. The Morgan fingerprint density at radius 2 is 1.59 bits per heavy atom. The maximum atomic E-state index is 13.5. The number of amides is 2. The standard InChI is InChI=1S/C25H20Cl2N2O3/c1-14-4-10-20(15(2)12-14)29-24(30)22(16-5-7-17(26)8-6-16)23(25(29)31)28-18-9-11-21(32-3)19(27)13-18/h4-13,28H,1-3H3. The molecule has 4 rings (SSSR count). The number of rotatable bonds is 5. The molecule has 0 fully saturated rings. The summed E-state index contributed by atoms with van der Waals surface area (Å²) in [4.78, 5) is 28.3. The van der Waals surface area contributed by atoms with Crippen LogP contribution in [0, 0.1) is 13.8 Å². The van der Waals surface area contributed by atoms with Gasteiger partial charge in [-0.05, 0) is 61.4 Å². The lowest BCUT2D eigenvalue weighted by Gasteiger charge is -2.18. The number of halogens is 2. The first kappa shape index (κ1) is 21.9. The predicted molar refractivity (Wildman–Crippen MR) is 128 cm³/mol. The number of aryl methyl sites for hydroxylation is 2. The molecule has 5 nitrogen and oxygen atoms in total. The molecule has 1 heterocycles. The number of carbonyl (C=O) groups excluding carboxylic acids is 2.